The lowest BCUT2D eigenvalue weighted by atomic mass is 10.0. The van der Waals surface area contributed by atoms with Crippen molar-refractivity contribution in [2.45, 2.75) is 38.6 Å². The molecule has 27 heavy (non-hydrogen) atoms. The van der Waals surface area contributed by atoms with Gasteiger partial charge in [0.15, 0.2) is 5.78 Å². The summed E-state index contributed by atoms with van der Waals surface area (Å²) in [5, 5.41) is 10.3. The third-order valence-corrected chi connectivity index (χ3v) is 5.44. The molecule has 140 valence electrons. The number of carbonyl (C=O) groups excluding carboxylic acids is 1. The van der Waals surface area contributed by atoms with Gasteiger partial charge in [-0.05, 0) is 50.4 Å². The van der Waals surface area contributed by atoms with Crippen LogP contribution >= 0.6 is 0 Å². The van der Waals surface area contributed by atoms with Crippen molar-refractivity contribution < 1.29 is 4.79 Å². The molecular weight excluding hydrogens is 338 g/mol. The number of likely N-dealkylation sites (tertiary alicyclic amines) is 1. The molecule has 0 aliphatic carbocycles. The van der Waals surface area contributed by atoms with E-state index in [0.717, 1.165) is 40.8 Å². The highest BCUT2D eigenvalue weighted by molar-refractivity contribution is 5.89. The van der Waals surface area contributed by atoms with Gasteiger partial charge < -0.3 is 0 Å². The van der Waals surface area contributed by atoms with Crippen LogP contribution in [0.5, 0.6) is 0 Å². The first kappa shape index (κ1) is 17.8. The number of aryl methyl sites for hydroxylation is 1. The van der Waals surface area contributed by atoms with Crippen LogP contribution in [0, 0.1) is 0 Å². The van der Waals surface area contributed by atoms with Crippen LogP contribution in [0.25, 0.3) is 22.0 Å². The average Bonchev–Trinajstić information content (AvgIpc) is 3.14. The van der Waals surface area contributed by atoms with Crippen molar-refractivity contribution in [3.63, 3.8) is 0 Å². The first-order chi connectivity index (χ1) is 13.1. The van der Waals surface area contributed by atoms with Crippen molar-refractivity contribution in [2.75, 3.05) is 13.1 Å². The van der Waals surface area contributed by atoms with Crippen LogP contribution < -0.4 is 0 Å². The van der Waals surface area contributed by atoms with Crippen molar-refractivity contribution in [3.8, 4) is 11.3 Å². The second-order valence-electron chi connectivity index (χ2n) is 7.43. The third-order valence-electron chi connectivity index (χ3n) is 5.44. The predicted octanol–water partition coefficient (Wildman–Crippen LogP) is 3.02. The number of fused-ring (bicyclic) bond motifs is 1. The minimum atomic E-state index is -0.0336. The monoisotopic (exact) mass is 363 g/mol. The Hall–Kier alpha value is -2.60. The Bertz CT molecular complexity index is 958. The summed E-state index contributed by atoms with van der Waals surface area (Å²) < 4.78 is 1.69. The molecule has 1 aliphatic rings. The fourth-order valence-electron chi connectivity index (χ4n) is 3.76. The van der Waals surface area contributed by atoms with E-state index in [-0.39, 0.29) is 11.8 Å². The van der Waals surface area contributed by atoms with E-state index in [1.54, 1.807) is 4.68 Å². The Morgan fingerprint density at radius 3 is 2.70 bits per heavy atom. The maximum atomic E-state index is 12.7. The zero-order valence-corrected chi connectivity index (χ0v) is 15.9. The number of hydrogen-bond donors (Lipinski definition) is 0. The average molecular weight is 363 g/mol. The van der Waals surface area contributed by atoms with E-state index in [1.807, 2.05) is 44.6 Å². The number of Topliss-reactive ketones (excluding diaryl/α,β-unsaturated/α-hetero) is 1. The molecule has 1 fully saturated rings. The summed E-state index contributed by atoms with van der Waals surface area (Å²) in [6, 6.07) is 8.14. The van der Waals surface area contributed by atoms with Gasteiger partial charge in [0.25, 0.3) is 0 Å². The van der Waals surface area contributed by atoms with Gasteiger partial charge in [0.1, 0.15) is 5.69 Å². The van der Waals surface area contributed by atoms with E-state index in [4.69, 9.17) is 0 Å². The molecule has 1 aliphatic heterocycles. The van der Waals surface area contributed by atoms with Crippen LogP contribution in [0.4, 0.5) is 0 Å². The maximum absolute atomic E-state index is 12.7. The third kappa shape index (κ3) is 3.90. The van der Waals surface area contributed by atoms with Gasteiger partial charge in [0.05, 0.1) is 18.7 Å². The Morgan fingerprint density at radius 1 is 1.15 bits per heavy atom. The van der Waals surface area contributed by atoms with E-state index in [2.05, 4.69) is 26.3 Å². The van der Waals surface area contributed by atoms with Crippen LogP contribution in [0.1, 0.15) is 31.9 Å². The predicted molar refractivity (Wildman–Crippen MR) is 105 cm³/mol. The number of ketones is 1. The van der Waals surface area contributed by atoms with Crippen LogP contribution in [-0.2, 0) is 18.3 Å². The number of carbonyl (C=O) groups is 1. The molecule has 1 aromatic carbocycles. The quantitative estimate of drug-likeness (QED) is 0.697. The van der Waals surface area contributed by atoms with E-state index < -0.39 is 0 Å². The van der Waals surface area contributed by atoms with Crippen molar-refractivity contribution in [1.29, 1.82) is 0 Å². The van der Waals surface area contributed by atoms with Gasteiger partial charge in [-0.15, -0.1) is 5.10 Å². The maximum Gasteiger partial charge on any atom is 0.155 e. The second kappa shape index (κ2) is 7.56. The number of rotatable bonds is 5. The lowest BCUT2D eigenvalue weighted by Crippen LogP contribution is -2.42. The number of hydrogen-bond acceptors (Lipinski definition) is 5. The second-order valence-corrected chi connectivity index (χ2v) is 7.43. The van der Waals surface area contributed by atoms with Gasteiger partial charge >= 0.3 is 0 Å². The molecule has 0 spiro atoms. The minimum absolute atomic E-state index is 0.0336. The molecule has 1 atom stereocenters. The van der Waals surface area contributed by atoms with Gasteiger partial charge in [-0.2, -0.15) is 0 Å². The topological polar surface area (TPSA) is 63.9 Å². The summed E-state index contributed by atoms with van der Waals surface area (Å²) in [7, 11) is 1.86. The molecule has 0 saturated carbocycles. The molecule has 1 saturated heterocycles. The molecule has 1 unspecified atom stereocenters. The van der Waals surface area contributed by atoms with E-state index in [0.29, 0.717) is 6.42 Å². The summed E-state index contributed by atoms with van der Waals surface area (Å²) in [6.45, 7) is 4.08. The number of pyridine rings is 1. The fraction of sp³-hybridized carbons (Fsp3) is 0.429. The first-order valence-electron chi connectivity index (χ1n) is 9.62. The highest BCUT2D eigenvalue weighted by Crippen LogP contribution is 2.23. The van der Waals surface area contributed by atoms with Gasteiger partial charge in [0, 0.05) is 29.9 Å². The molecule has 0 N–H and O–H groups in total. The lowest BCUT2D eigenvalue weighted by Gasteiger charge is -2.31. The largest absolute Gasteiger partial charge is 0.298 e. The SMILES string of the molecule is CC(C(=O)Cc1cc2cc(-c3cn(C)nn3)ccc2cn1)N1CCCCC1. The van der Waals surface area contributed by atoms with Crippen LogP contribution in [0.2, 0.25) is 0 Å². The van der Waals surface area contributed by atoms with Crippen LogP contribution in [0.15, 0.2) is 36.7 Å². The van der Waals surface area contributed by atoms with Crippen LogP contribution in [0.3, 0.4) is 0 Å². The molecule has 2 aromatic heterocycles. The Kier molecular flexibility index (Phi) is 4.99. The van der Waals surface area contributed by atoms with Crippen molar-refractivity contribution in [1.82, 2.24) is 24.9 Å². The van der Waals surface area contributed by atoms with Crippen molar-refractivity contribution >= 4 is 16.6 Å². The summed E-state index contributed by atoms with van der Waals surface area (Å²) >= 11 is 0. The molecule has 0 bridgehead atoms. The van der Waals surface area contributed by atoms with Gasteiger partial charge in [-0.1, -0.05) is 23.8 Å². The lowest BCUT2D eigenvalue weighted by molar-refractivity contribution is -0.123. The van der Waals surface area contributed by atoms with Gasteiger partial charge in [-0.3, -0.25) is 19.4 Å². The zero-order chi connectivity index (χ0) is 18.8. The summed E-state index contributed by atoms with van der Waals surface area (Å²) in [6.07, 6.45) is 7.78. The summed E-state index contributed by atoms with van der Waals surface area (Å²) in [5.41, 5.74) is 2.68. The molecule has 3 heterocycles. The van der Waals surface area contributed by atoms with E-state index in [1.165, 1.54) is 19.3 Å². The molecule has 6 heteroatoms. The Balaban J connectivity index is 1.54. The first-order valence-corrected chi connectivity index (χ1v) is 9.62. The highest BCUT2D eigenvalue weighted by atomic mass is 16.1. The summed E-state index contributed by atoms with van der Waals surface area (Å²) in [5.74, 6) is 0.244. The van der Waals surface area contributed by atoms with E-state index in [9.17, 15) is 4.79 Å². The molecule has 0 radical (unpaired) electrons. The number of aromatic nitrogens is 4. The fourth-order valence-corrected chi connectivity index (χ4v) is 3.76. The number of benzene rings is 1. The molecular formula is C21H25N5O. The number of piperidine rings is 1. The Morgan fingerprint density at radius 2 is 1.96 bits per heavy atom. The highest BCUT2D eigenvalue weighted by Gasteiger charge is 2.23. The molecule has 3 aromatic rings. The molecule has 6 nitrogen and oxygen atoms in total. The van der Waals surface area contributed by atoms with Gasteiger partial charge in [0.2, 0.25) is 0 Å². The van der Waals surface area contributed by atoms with Crippen molar-refractivity contribution in [2.24, 2.45) is 7.05 Å². The van der Waals surface area contributed by atoms with Crippen LogP contribution in [-0.4, -0.2) is 49.8 Å². The standard InChI is InChI=1S/C21H25N5O/c1-15(26-8-4-3-5-9-26)21(27)12-19-11-18-10-16(6-7-17(18)13-22-19)20-14-25(2)24-23-20/h6-7,10-11,13-15H,3-5,8-9,12H2,1-2H3. The van der Waals surface area contributed by atoms with Gasteiger partial charge in [-0.25, -0.2) is 0 Å². The minimum Gasteiger partial charge on any atom is -0.298 e. The molecule has 4 rings (SSSR count). The summed E-state index contributed by atoms with van der Waals surface area (Å²) in [4.78, 5) is 19.6. The normalized spacial score (nSPS) is 16.5. The molecule has 0 amide bonds. The zero-order valence-electron chi connectivity index (χ0n) is 15.9. The smallest absolute Gasteiger partial charge is 0.155 e. The number of nitrogens with zero attached hydrogens (tertiary/aromatic N) is 5. The Labute approximate surface area is 159 Å². The van der Waals surface area contributed by atoms with E-state index >= 15 is 0 Å². The van der Waals surface area contributed by atoms with Crippen molar-refractivity contribution in [3.05, 3.63) is 42.4 Å².